The summed E-state index contributed by atoms with van der Waals surface area (Å²) in [5.74, 6) is -1.92. The average molecular weight is 351 g/mol. The lowest BCUT2D eigenvalue weighted by molar-refractivity contribution is -0.141. The Morgan fingerprint density at radius 1 is 1.29 bits per heavy atom. The Morgan fingerprint density at radius 3 is 2.42 bits per heavy atom. The number of aryl methyl sites for hydroxylation is 1. The number of alkyl carbamates (subject to hydrolysis) is 1. The van der Waals surface area contributed by atoms with Crippen molar-refractivity contribution in [3.8, 4) is 0 Å². The molecule has 12 heteroatoms. The van der Waals surface area contributed by atoms with Gasteiger partial charge in [-0.05, 0) is 0 Å². The molecule has 3 amide bonds. The molecule has 0 saturated heterocycles. The molecule has 0 spiro atoms. The highest BCUT2D eigenvalue weighted by Crippen LogP contribution is 2.30. The van der Waals surface area contributed by atoms with Crippen molar-refractivity contribution in [2.75, 3.05) is 20.7 Å². The molecule has 1 aromatic rings. The Kier molecular flexibility index (Phi) is 6.14. The fraction of sp³-hybridized carbons (Fsp3) is 0.500. The molecule has 0 saturated carbocycles. The molecule has 0 aliphatic heterocycles. The number of nitrogens with one attached hydrogen (secondary N) is 3. The van der Waals surface area contributed by atoms with Crippen LogP contribution in [0.25, 0.3) is 0 Å². The molecule has 0 radical (unpaired) electrons. The van der Waals surface area contributed by atoms with E-state index in [0.29, 0.717) is 0 Å². The van der Waals surface area contributed by atoms with Gasteiger partial charge in [-0.25, -0.2) is 4.79 Å². The van der Waals surface area contributed by atoms with Crippen molar-refractivity contribution < 1.29 is 32.3 Å². The molecule has 0 aliphatic rings. The van der Waals surface area contributed by atoms with Crippen molar-refractivity contribution in [2.45, 2.75) is 12.2 Å². The highest BCUT2D eigenvalue weighted by molar-refractivity contribution is 5.98. The topological polar surface area (TPSA) is 114 Å². The molecule has 0 aliphatic carbocycles. The van der Waals surface area contributed by atoms with E-state index in [1.54, 1.807) is 0 Å². The summed E-state index contributed by atoms with van der Waals surface area (Å²) in [7, 11) is 3.75. The van der Waals surface area contributed by atoms with E-state index in [4.69, 9.17) is 0 Å². The van der Waals surface area contributed by atoms with Gasteiger partial charge in [-0.1, -0.05) is 0 Å². The molecular formula is C12H16F3N5O4. The van der Waals surface area contributed by atoms with Crippen LogP contribution >= 0.6 is 0 Å². The molecule has 134 valence electrons. The van der Waals surface area contributed by atoms with Gasteiger partial charge in [-0.15, -0.1) is 0 Å². The number of hydrogen-bond donors (Lipinski definition) is 3. The van der Waals surface area contributed by atoms with Crippen LogP contribution in [0.15, 0.2) is 6.20 Å². The molecular weight excluding hydrogens is 335 g/mol. The smallest absolute Gasteiger partial charge is 0.435 e. The monoisotopic (exact) mass is 351 g/mol. The Labute approximate surface area is 134 Å². The van der Waals surface area contributed by atoms with Crippen LogP contribution in [-0.2, 0) is 22.8 Å². The lowest BCUT2D eigenvalue weighted by Gasteiger charge is -2.17. The molecule has 1 heterocycles. The Bertz CT molecular complexity index is 629. The maximum Gasteiger partial charge on any atom is 0.435 e. The summed E-state index contributed by atoms with van der Waals surface area (Å²) < 4.78 is 44.1. The Balaban J connectivity index is 2.96. The van der Waals surface area contributed by atoms with E-state index in [-0.39, 0.29) is 0 Å². The third-order valence-electron chi connectivity index (χ3n) is 2.80. The molecule has 0 aromatic carbocycles. The van der Waals surface area contributed by atoms with Gasteiger partial charge in [0.25, 0.3) is 5.91 Å². The van der Waals surface area contributed by atoms with E-state index in [0.717, 1.165) is 10.9 Å². The van der Waals surface area contributed by atoms with E-state index in [2.05, 4.69) is 25.8 Å². The summed E-state index contributed by atoms with van der Waals surface area (Å²) in [5, 5.41) is 9.61. The Hall–Kier alpha value is -2.79. The maximum absolute atomic E-state index is 12.9. The van der Waals surface area contributed by atoms with Gasteiger partial charge in [0.1, 0.15) is 12.6 Å². The zero-order valence-electron chi connectivity index (χ0n) is 13.0. The summed E-state index contributed by atoms with van der Waals surface area (Å²) in [4.78, 5) is 34.8. The van der Waals surface area contributed by atoms with Crippen LogP contribution in [0.5, 0.6) is 0 Å². The quantitative estimate of drug-likeness (QED) is 0.670. The first-order chi connectivity index (χ1) is 11.1. The molecule has 9 nitrogen and oxygen atoms in total. The first-order valence-electron chi connectivity index (χ1n) is 6.58. The molecule has 1 atom stereocenters. The van der Waals surface area contributed by atoms with Crippen molar-refractivity contribution in [1.82, 2.24) is 25.7 Å². The van der Waals surface area contributed by atoms with Crippen LogP contribution < -0.4 is 16.0 Å². The number of likely N-dealkylation sites (N-methyl/N-ethyl adjacent to an activating group) is 1. The van der Waals surface area contributed by atoms with E-state index < -0.39 is 48.0 Å². The third-order valence-corrected chi connectivity index (χ3v) is 2.80. The number of hydrogen-bond acceptors (Lipinski definition) is 5. The molecule has 1 rings (SSSR count). The molecule has 1 aromatic heterocycles. The van der Waals surface area contributed by atoms with Gasteiger partial charge in [-0.2, -0.15) is 18.3 Å². The minimum Gasteiger partial charge on any atom is -0.447 e. The normalized spacial score (nSPS) is 12.2. The Morgan fingerprint density at radius 2 is 1.92 bits per heavy atom. The van der Waals surface area contributed by atoms with Crippen molar-refractivity contribution in [1.29, 1.82) is 0 Å². The van der Waals surface area contributed by atoms with Gasteiger partial charge in [-0.3, -0.25) is 14.3 Å². The van der Waals surface area contributed by atoms with Crippen LogP contribution in [0, 0.1) is 0 Å². The van der Waals surface area contributed by atoms with E-state index >= 15 is 0 Å². The number of carbonyl (C=O) groups excluding carboxylic acids is 3. The van der Waals surface area contributed by atoms with Gasteiger partial charge in [0, 0.05) is 27.3 Å². The van der Waals surface area contributed by atoms with Crippen LogP contribution in [-0.4, -0.2) is 54.4 Å². The summed E-state index contributed by atoms with van der Waals surface area (Å²) in [5.41, 5.74) is -2.13. The van der Waals surface area contributed by atoms with Gasteiger partial charge >= 0.3 is 12.3 Å². The van der Waals surface area contributed by atoms with Crippen LogP contribution in [0.2, 0.25) is 0 Å². The largest absolute Gasteiger partial charge is 0.447 e. The molecule has 0 bridgehead atoms. The fourth-order valence-electron chi connectivity index (χ4n) is 1.69. The number of alkyl halides is 3. The number of halogens is 3. The van der Waals surface area contributed by atoms with E-state index in [9.17, 15) is 27.6 Å². The number of carbonyl (C=O) groups is 3. The average Bonchev–Trinajstić information content (AvgIpc) is 2.92. The second kappa shape index (κ2) is 7.66. The minimum atomic E-state index is -4.84. The highest BCUT2D eigenvalue weighted by Gasteiger charge is 2.39. The second-order valence-electron chi connectivity index (χ2n) is 4.55. The fourth-order valence-corrected chi connectivity index (χ4v) is 1.69. The number of ether oxygens (including phenoxy) is 1. The van der Waals surface area contributed by atoms with Crippen molar-refractivity contribution >= 4 is 17.9 Å². The third kappa shape index (κ3) is 4.86. The molecule has 1 unspecified atom stereocenters. The molecule has 3 N–H and O–H groups in total. The predicted molar refractivity (Wildman–Crippen MR) is 73.9 cm³/mol. The van der Waals surface area contributed by atoms with Gasteiger partial charge in [0.15, 0.2) is 5.69 Å². The number of amides is 3. The first kappa shape index (κ1) is 19.3. The minimum absolute atomic E-state index is 0.563. The van der Waals surface area contributed by atoms with Crippen LogP contribution in [0.3, 0.4) is 0 Å². The van der Waals surface area contributed by atoms with Gasteiger partial charge < -0.3 is 20.7 Å². The van der Waals surface area contributed by atoms with E-state index in [1.807, 2.05) is 0 Å². The van der Waals surface area contributed by atoms with E-state index in [1.165, 1.54) is 21.1 Å². The van der Waals surface area contributed by atoms with Crippen molar-refractivity contribution in [2.24, 2.45) is 7.05 Å². The number of rotatable bonds is 5. The lowest BCUT2D eigenvalue weighted by Crippen LogP contribution is -2.49. The summed E-state index contributed by atoms with van der Waals surface area (Å²) in [6.45, 7) is -0.563. The van der Waals surface area contributed by atoms with Crippen molar-refractivity contribution in [3.63, 3.8) is 0 Å². The first-order valence-corrected chi connectivity index (χ1v) is 6.58. The summed E-state index contributed by atoms with van der Waals surface area (Å²) >= 11 is 0. The summed E-state index contributed by atoms with van der Waals surface area (Å²) in [6, 6.07) is -1.37. The molecule has 24 heavy (non-hydrogen) atoms. The zero-order chi connectivity index (χ0) is 18.5. The number of nitrogens with zero attached hydrogens (tertiary/aromatic N) is 2. The zero-order valence-corrected chi connectivity index (χ0v) is 13.0. The number of aromatic nitrogens is 2. The van der Waals surface area contributed by atoms with Gasteiger partial charge in [0.2, 0.25) is 5.91 Å². The maximum atomic E-state index is 12.9. The van der Waals surface area contributed by atoms with Crippen molar-refractivity contribution in [3.05, 3.63) is 17.5 Å². The predicted octanol–water partition coefficient (Wildman–Crippen LogP) is -0.361. The van der Waals surface area contributed by atoms with Crippen LogP contribution in [0.1, 0.15) is 16.1 Å². The second-order valence-corrected chi connectivity index (χ2v) is 4.55. The van der Waals surface area contributed by atoms with Gasteiger partial charge in [0.05, 0.1) is 5.56 Å². The highest BCUT2D eigenvalue weighted by atomic mass is 19.4. The van der Waals surface area contributed by atoms with Crippen LogP contribution in [0.4, 0.5) is 18.0 Å². The lowest BCUT2D eigenvalue weighted by atomic mass is 10.2. The molecule has 0 fully saturated rings. The standard InChI is InChI=1S/C12H16F3N5O4/c1-16-10(22)7(5-24-11(23)17-2)18-9(21)6-4-20(3)19-8(6)12(13,14)15/h4,7H,5H2,1-3H3,(H,16,22)(H,17,23)(H,18,21). The SMILES string of the molecule is CNC(=O)OCC(NC(=O)c1cn(C)nc1C(F)(F)F)C(=O)NC. The summed E-state index contributed by atoms with van der Waals surface area (Å²) in [6.07, 6.45) is -4.83.